The molecule has 1 aromatic carbocycles. The fraction of sp³-hybridized carbons (Fsp3) is 0.474. The Labute approximate surface area is 169 Å². The Hall–Kier alpha value is -3.30. The lowest BCUT2D eigenvalue weighted by molar-refractivity contribution is -0.147. The fourth-order valence-corrected chi connectivity index (χ4v) is 2.59. The number of hydrogen-bond donors (Lipinski definition) is 5. The van der Waals surface area contributed by atoms with Crippen molar-refractivity contribution in [3.8, 4) is 5.75 Å². The van der Waals surface area contributed by atoms with Crippen molar-refractivity contribution in [2.75, 3.05) is 13.2 Å². The molecule has 0 aliphatic carbocycles. The molecule has 29 heavy (non-hydrogen) atoms. The van der Waals surface area contributed by atoms with Crippen molar-refractivity contribution in [1.82, 2.24) is 10.6 Å². The molecule has 0 radical (unpaired) electrons. The highest BCUT2D eigenvalue weighted by Crippen LogP contribution is 2.12. The van der Waals surface area contributed by atoms with Gasteiger partial charge in [-0.1, -0.05) is 12.1 Å². The van der Waals surface area contributed by atoms with Gasteiger partial charge in [0.2, 0.25) is 11.8 Å². The van der Waals surface area contributed by atoms with Crippen molar-refractivity contribution in [3.63, 3.8) is 0 Å². The number of ether oxygens (including phenoxy) is 1. The summed E-state index contributed by atoms with van der Waals surface area (Å²) in [6, 6.07) is 4.48. The summed E-state index contributed by atoms with van der Waals surface area (Å²) in [6.07, 6.45) is 0.910. The number of nitrogens with one attached hydrogen (secondary N) is 2. The summed E-state index contributed by atoms with van der Waals surface area (Å²) in [5.41, 5.74) is 11.3. The number of rotatable bonds is 11. The van der Waals surface area contributed by atoms with Crippen molar-refractivity contribution in [2.24, 2.45) is 16.5 Å². The molecule has 2 atom stereocenters. The smallest absolute Gasteiger partial charge is 0.328 e. The number of nitrogens with two attached hydrogens (primary N) is 2. The third-order valence-electron chi connectivity index (χ3n) is 3.90. The molecule has 1 rings (SSSR count). The summed E-state index contributed by atoms with van der Waals surface area (Å²) >= 11 is 0. The predicted octanol–water partition coefficient (Wildman–Crippen LogP) is -0.459. The van der Waals surface area contributed by atoms with E-state index in [2.05, 4.69) is 15.6 Å². The maximum atomic E-state index is 12.8. The molecule has 0 aliphatic heterocycles. The fourth-order valence-electron chi connectivity index (χ4n) is 2.59. The molecule has 7 N–H and O–H groups in total. The van der Waals surface area contributed by atoms with Crippen LogP contribution in [0.3, 0.4) is 0 Å². The Balaban J connectivity index is 2.85. The van der Waals surface area contributed by atoms with Gasteiger partial charge in [-0.25, -0.2) is 4.79 Å². The van der Waals surface area contributed by atoms with Gasteiger partial charge in [0.15, 0.2) is 5.96 Å². The van der Waals surface area contributed by atoms with Crippen LogP contribution < -0.4 is 22.1 Å². The lowest BCUT2D eigenvalue weighted by Gasteiger charge is -2.22. The molecule has 0 aliphatic rings. The van der Waals surface area contributed by atoms with E-state index in [0.29, 0.717) is 13.0 Å². The van der Waals surface area contributed by atoms with E-state index in [1.54, 1.807) is 19.1 Å². The quantitative estimate of drug-likeness (QED) is 0.143. The van der Waals surface area contributed by atoms with E-state index in [0.717, 1.165) is 5.56 Å². The molecular formula is C19H29N5O5. The molecule has 1 aromatic rings. The average molecular weight is 407 g/mol. The van der Waals surface area contributed by atoms with Gasteiger partial charge in [-0.2, -0.15) is 0 Å². The Morgan fingerprint density at radius 1 is 1.14 bits per heavy atom. The van der Waals surface area contributed by atoms with Crippen LogP contribution in [0.4, 0.5) is 0 Å². The summed E-state index contributed by atoms with van der Waals surface area (Å²) in [7, 11) is 0. The van der Waals surface area contributed by atoms with Gasteiger partial charge in [0.05, 0.1) is 6.61 Å². The highest BCUT2D eigenvalue weighted by molar-refractivity contribution is 5.90. The van der Waals surface area contributed by atoms with Crippen molar-refractivity contribution in [2.45, 2.75) is 45.2 Å². The van der Waals surface area contributed by atoms with E-state index in [1.807, 2.05) is 0 Å². The second-order valence-electron chi connectivity index (χ2n) is 6.39. The largest absolute Gasteiger partial charge is 0.508 e. The third kappa shape index (κ3) is 9.45. The second kappa shape index (κ2) is 12.2. The van der Waals surface area contributed by atoms with E-state index in [1.165, 1.54) is 19.1 Å². The lowest BCUT2D eigenvalue weighted by Crippen LogP contribution is -2.52. The van der Waals surface area contributed by atoms with Gasteiger partial charge in [0.25, 0.3) is 0 Å². The van der Waals surface area contributed by atoms with Crippen LogP contribution in [-0.2, 0) is 25.5 Å². The van der Waals surface area contributed by atoms with Gasteiger partial charge in [0.1, 0.15) is 17.8 Å². The van der Waals surface area contributed by atoms with Crippen LogP contribution >= 0.6 is 0 Å². The average Bonchev–Trinajstić information content (AvgIpc) is 2.64. The zero-order valence-corrected chi connectivity index (χ0v) is 16.7. The van der Waals surface area contributed by atoms with Crippen molar-refractivity contribution < 1.29 is 24.2 Å². The molecule has 10 nitrogen and oxygen atoms in total. The summed E-state index contributed by atoms with van der Waals surface area (Å²) in [5.74, 6) is -1.44. The summed E-state index contributed by atoms with van der Waals surface area (Å²) in [5, 5.41) is 14.6. The maximum Gasteiger partial charge on any atom is 0.328 e. The topological polar surface area (TPSA) is 169 Å². The van der Waals surface area contributed by atoms with Crippen LogP contribution in [0.25, 0.3) is 0 Å². The Kier molecular flexibility index (Phi) is 10.00. The SMILES string of the molecule is CCOC(=O)[C@H](CCCN=C(N)N)NC(=O)[C@H](Cc1ccc(O)cc1)NC(C)=O. The second-order valence-corrected chi connectivity index (χ2v) is 6.39. The summed E-state index contributed by atoms with van der Waals surface area (Å²) in [6.45, 7) is 3.44. The first kappa shape index (κ1) is 23.7. The number of carbonyl (C=O) groups is 3. The van der Waals surface area contributed by atoms with Crippen LogP contribution in [0.1, 0.15) is 32.3 Å². The molecular weight excluding hydrogens is 378 g/mol. The monoisotopic (exact) mass is 407 g/mol. The number of esters is 1. The van der Waals surface area contributed by atoms with Gasteiger partial charge < -0.3 is 31.9 Å². The molecule has 2 amide bonds. The minimum absolute atomic E-state index is 0.0543. The van der Waals surface area contributed by atoms with Crippen molar-refractivity contribution in [1.29, 1.82) is 0 Å². The highest BCUT2D eigenvalue weighted by atomic mass is 16.5. The number of phenols is 1. The molecule has 10 heteroatoms. The highest BCUT2D eigenvalue weighted by Gasteiger charge is 2.27. The van der Waals surface area contributed by atoms with Crippen LogP contribution in [0.5, 0.6) is 5.75 Å². The molecule has 0 spiro atoms. The van der Waals surface area contributed by atoms with Gasteiger partial charge in [0, 0.05) is 19.9 Å². The van der Waals surface area contributed by atoms with Gasteiger partial charge in [-0.3, -0.25) is 14.6 Å². The van der Waals surface area contributed by atoms with Gasteiger partial charge >= 0.3 is 5.97 Å². The number of amides is 2. The number of guanidine groups is 1. The number of aliphatic imine (C=N–C) groups is 1. The van der Waals surface area contributed by atoms with E-state index in [-0.39, 0.29) is 37.1 Å². The number of carbonyl (C=O) groups excluding carboxylic acids is 3. The van der Waals surface area contributed by atoms with Gasteiger partial charge in [-0.05, 0) is 37.5 Å². The van der Waals surface area contributed by atoms with E-state index >= 15 is 0 Å². The first-order valence-electron chi connectivity index (χ1n) is 9.30. The first-order valence-corrected chi connectivity index (χ1v) is 9.30. The zero-order chi connectivity index (χ0) is 21.8. The first-order chi connectivity index (χ1) is 13.7. The minimum Gasteiger partial charge on any atom is -0.508 e. The lowest BCUT2D eigenvalue weighted by atomic mass is 10.0. The molecule has 0 unspecified atom stereocenters. The van der Waals surface area contributed by atoms with Crippen molar-refractivity contribution in [3.05, 3.63) is 29.8 Å². The Morgan fingerprint density at radius 2 is 1.79 bits per heavy atom. The molecule has 160 valence electrons. The molecule has 0 saturated carbocycles. The number of phenolic OH excluding ortho intramolecular Hbond substituents is 1. The third-order valence-corrected chi connectivity index (χ3v) is 3.90. The van der Waals surface area contributed by atoms with Crippen LogP contribution in [-0.4, -0.2) is 54.1 Å². The van der Waals surface area contributed by atoms with Crippen LogP contribution in [0, 0.1) is 0 Å². The van der Waals surface area contributed by atoms with Crippen LogP contribution in [0.2, 0.25) is 0 Å². The maximum absolute atomic E-state index is 12.8. The zero-order valence-electron chi connectivity index (χ0n) is 16.7. The standard InChI is InChI=1S/C19H29N5O5/c1-3-29-18(28)15(5-4-10-22-19(20)21)24-17(27)16(23-12(2)25)11-13-6-8-14(26)9-7-13/h6-9,15-16,26H,3-5,10-11H2,1-2H3,(H,23,25)(H,24,27)(H4,20,21,22)/t15-,16-/m0/s1. The van der Waals surface area contributed by atoms with Crippen LogP contribution in [0.15, 0.2) is 29.3 Å². The summed E-state index contributed by atoms with van der Waals surface area (Å²) in [4.78, 5) is 40.4. The number of hydrogen-bond acceptors (Lipinski definition) is 6. The normalized spacial score (nSPS) is 12.3. The number of aromatic hydroxyl groups is 1. The number of nitrogens with zero attached hydrogens (tertiary/aromatic N) is 1. The molecule has 0 saturated heterocycles. The minimum atomic E-state index is -0.897. The predicted molar refractivity (Wildman–Crippen MR) is 108 cm³/mol. The van der Waals surface area contributed by atoms with E-state index in [9.17, 15) is 19.5 Å². The molecule has 0 heterocycles. The van der Waals surface area contributed by atoms with Crippen molar-refractivity contribution >= 4 is 23.7 Å². The van der Waals surface area contributed by atoms with E-state index < -0.39 is 24.0 Å². The Morgan fingerprint density at radius 3 is 2.34 bits per heavy atom. The molecule has 0 fully saturated rings. The summed E-state index contributed by atoms with van der Waals surface area (Å²) < 4.78 is 5.02. The Bertz CT molecular complexity index is 716. The molecule has 0 aromatic heterocycles. The van der Waals surface area contributed by atoms with Gasteiger partial charge in [-0.15, -0.1) is 0 Å². The molecule has 0 bridgehead atoms. The van der Waals surface area contributed by atoms with E-state index in [4.69, 9.17) is 16.2 Å². The number of benzene rings is 1.